The Morgan fingerprint density at radius 3 is 2.83 bits per heavy atom. The lowest BCUT2D eigenvalue weighted by Crippen LogP contribution is -2.06. The molecule has 0 amide bonds. The molecular formula is C13H19ClN2O2. The highest BCUT2D eigenvalue weighted by Gasteiger charge is 2.09. The molecule has 0 aliphatic heterocycles. The molecule has 1 aromatic heterocycles. The Morgan fingerprint density at radius 2 is 2.22 bits per heavy atom. The summed E-state index contributed by atoms with van der Waals surface area (Å²) in [6.45, 7) is 5.20. The standard InChI is InChI=1S/C13H19ClN2O2/c1-9(2)5-3-4-6-15-12-7-10(13(17)18)11(14)8-16-12/h7-9H,3-6H2,1-2H3,(H,15,16)(H,17,18). The molecule has 5 heteroatoms. The molecule has 0 aliphatic rings. The number of aromatic nitrogens is 1. The van der Waals surface area contributed by atoms with Gasteiger partial charge in [-0.25, -0.2) is 9.78 Å². The number of nitrogens with one attached hydrogen (secondary N) is 1. The van der Waals surface area contributed by atoms with Crippen LogP contribution in [0.1, 0.15) is 43.5 Å². The summed E-state index contributed by atoms with van der Waals surface area (Å²) in [4.78, 5) is 14.9. The summed E-state index contributed by atoms with van der Waals surface area (Å²) in [5.41, 5.74) is 0.0800. The van der Waals surface area contributed by atoms with E-state index in [1.807, 2.05) is 0 Å². The van der Waals surface area contributed by atoms with Gasteiger partial charge in [-0.05, 0) is 18.4 Å². The second kappa shape index (κ2) is 7.21. The second-order valence-corrected chi connectivity index (χ2v) is 5.08. The van der Waals surface area contributed by atoms with E-state index < -0.39 is 5.97 Å². The molecule has 0 saturated heterocycles. The number of hydrogen-bond donors (Lipinski definition) is 2. The summed E-state index contributed by atoms with van der Waals surface area (Å²) in [6, 6.07) is 1.47. The van der Waals surface area contributed by atoms with Crippen LogP contribution in [-0.4, -0.2) is 22.6 Å². The first-order valence-corrected chi connectivity index (χ1v) is 6.51. The number of hydrogen-bond acceptors (Lipinski definition) is 3. The number of halogens is 1. The molecule has 1 aromatic rings. The van der Waals surface area contributed by atoms with Gasteiger partial charge in [-0.15, -0.1) is 0 Å². The molecule has 0 fully saturated rings. The maximum Gasteiger partial charge on any atom is 0.337 e. The third kappa shape index (κ3) is 4.92. The van der Waals surface area contributed by atoms with Crippen LogP contribution in [0.15, 0.2) is 12.3 Å². The minimum Gasteiger partial charge on any atom is -0.478 e. The summed E-state index contributed by atoms with van der Waals surface area (Å²) in [5, 5.41) is 12.2. The van der Waals surface area contributed by atoms with Gasteiger partial charge in [0.2, 0.25) is 0 Å². The Bertz CT molecular complexity index is 408. The lowest BCUT2D eigenvalue weighted by Gasteiger charge is -2.08. The van der Waals surface area contributed by atoms with Crippen LogP contribution in [0.2, 0.25) is 5.02 Å². The Labute approximate surface area is 112 Å². The molecule has 0 spiro atoms. The number of carboxylic acids is 1. The SMILES string of the molecule is CC(C)CCCCNc1cc(C(=O)O)c(Cl)cn1. The molecule has 0 saturated carbocycles. The number of pyridine rings is 1. The quantitative estimate of drug-likeness (QED) is 0.742. The summed E-state index contributed by atoms with van der Waals surface area (Å²) >= 11 is 5.74. The Morgan fingerprint density at radius 1 is 1.50 bits per heavy atom. The Balaban J connectivity index is 2.43. The van der Waals surface area contributed by atoms with Crippen molar-refractivity contribution < 1.29 is 9.90 Å². The largest absolute Gasteiger partial charge is 0.478 e. The predicted molar refractivity (Wildman–Crippen MR) is 73.4 cm³/mol. The highest BCUT2D eigenvalue weighted by Crippen LogP contribution is 2.18. The van der Waals surface area contributed by atoms with E-state index in [0.29, 0.717) is 5.82 Å². The van der Waals surface area contributed by atoms with Crippen molar-refractivity contribution in [2.75, 3.05) is 11.9 Å². The summed E-state index contributed by atoms with van der Waals surface area (Å²) in [7, 11) is 0. The number of unbranched alkanes of at least 4 members (excludes halogenated alkanes) is 1. The fourth-order valence-electron chi connectivity index (χ4n) is 1.59. The van der Waals surface area contributed by atoms with Gasteiger partial charge in [0.25, 0.3) is 0 Å². The van der Waals surface area contributed by atoms with Gasteiger partial charge in [-0.2, -0.15) is 0 Å². The lowest BCUT2D eigenvalue weighted by atomic mass is 10.1. The molecule has 1 rings (SSSR count). The molecule has 4 nitrogen and oxygen atoms in total. The normalized spacial score (nSPS) is 10.7. The van der Waals surface area contributed by atoms with E-state index in [1.54, 1.807) is 0 Å². The number of aromatic carboxylic acids is 1. The molecule has 0 atom stereocenters. The fourth-order valence-corrected chi connectivity index (χ4v) is 1.78. The Kier molecular flexibility index (Phi) is 5.92. The third-order valence-electron chi connectivity index (χ3n) is 2.60. The van der Waals surface area contributed by atoms with Crippen LogP contribution >= 0.6 is 11.6 Å². The van der Waals surface area contributed by atoms with Crippen LogP contribution in [0.4, 0.5) is 5.82 Å². The molecule has 1 heterocycles. The minimum absolute atomic E-state index is 0.0800. The molecule has 2 N–H and O–H groups in total. The van der Waals surface area contributed by atoms with E-state index in [0.717, 1.165) is 25.3 Å². The van der Waals surface area contributed by atoms with Crippen molar-refractivity contribution in [2.24, 2.45) is 5.92 Å². The number of rotatable bonds is 7. The van der Waals surface area contributed by atoms with Crippen LogP contribution in [-0.2, 0) is 0 Å². The van der Waals surface area contributed by atoms with Crippen LogP contribution in [0, 0.1) is 5.92 Å². The van der Waals surface area contributed by atoms with Crippen molar-refractivity contribution in [3.8, 4) is 0 Å². The van der Waals surface area contributed by atoms with Gasteiger partial charge in [-0.1, -0.05) is 38.3 Å². The maximum absolute atomic E-state index is 10.9. The van der Waals surface area contributed by atoms with Crippen LogP contribution < -0.4 is 5.32 Å². The van der Waals surface area contributed by atoms with Crippen LogP contribution in [0.3, 0.4) is 0 Å². The smallest absolute Gasteiger partial charge is 0.337 e. The van der Waals surface area contributed by atoms with Gasteiger partial charge < -0.3 is 10.4 Å². The van der Waals surface area contributed by atoms with E-state index >= 15 is 0 Å². The Hall–Kier alpha value is -1.29. The maximum atomic E-state index is 10.9. The third-order valence-corrected chi connectivity index (χ3v) is 2.90. The molecule has 100 valence electrons. The molecule has 0 aliphatic carbocycles. The number of anilines is 1. The molecule has 18 heavy (non-hydrogen) atoms. The van der Waals surface area contributed by atoms with Crippen molar-refractivity contribution in [1.82, 2.24) is 4.98 Å². The first kappa shape index (κ1) is 14.8. The molecule has 0 unspecified atom stereocenters. The van der Waals surface area contributed by atoms with E-state index in [-0.39, 0.29) is 10.6 Å². The highest BCUT2D eigenvalue weighted by atomic mass is 35.5. The van der Waals surface area contributed by atoms with Gasteiger partial charge >= 0.3 is 5.97 Å². The van der Waals surface area contributed by atoms with Crippen molar-refractivity contribution in [2.45, 2.75) is 33.1 Å². The average Bonchev–Trinajstić information content (AvgIpc) is 2.30. The monoisotopic (exact) mass is 270 g/mol. The molecule has 0 aromatic carbocycles. The van der Waals surface area contributed by atoms with Crippen molar-refractivity contribution in [3.05, 3.63) is 22.8 Å². The fraction of sp³-hybridized carbons (Fsp3) is 0.538. The van der Waals surface area contributed by atoms with E-state index in [4.69, 9.17) is 16.7 Å². The van der Waals surface area contributed by atoms with Gasteiger partial charge in [0.05, 0.1) is 10.6 Å². The highest BCUT2D eigenvalue weighted by molar-refractivity contribution is 6.33. The molecule has 0 radical (unpaired) electrons. The zero-order valence-electron chi connectivity index (χ0n) is 10.7. The van der Waals surface area contributed by atoms with Gasteiger partial charge in [-0.3, -0.25) is 0 Å². The van der Waals surface area contributed by atoms with E-state index in [9.17, 15) is 4.79 Å². The van der Waals surface area contributed by atoms with Crippen molar-refractivity contribution in [3.63, 3.8) is 0 Å². The number of carbonyl (C=O) groups is 1. The lowest BCUT2D eigenvalue weighted by molar-refractivity contribution is 0.0697. The van der Waals surface area contributed by atoms with Crippen LogP contribution in [0.25, 0.3) is 0 Å². The molecular weight excluding hydrogens is 252 g/mol. The summed E-state index contributed by atoms with van der Waals surface area (Å²) in [5.74, 6) is 0.240. The molecule has 0 bridgehead atoms. The van der Waals surface area contributed by atoms with Crippen molar-refractivity contribution >= 4 is 23.4 Å². The summed E-state index contributed by atoms with van der Waals surface area (Å²) in [6.07, 6.45) is 4.77. The van der Waals surface area contributed by atoms with E-state index in [1.165, 1.54) is 18.7 Å². The average molecular weight is 271 g/mol. The first-order chi connectivity index (χ1) is 8.50. The zero-order valence-corrected chi connectivity index (χ0v) is 11.5. The number of nitrogens with zero attached hydrogens (tertiary/aromatic N) is 1. The predicted octanol–water partition coefficient (Wildman–Crippen LogP) is 3.67. The van der Waals surface area contributed by atoms with Gasteiger partial charge in [0.1, 0.15) is 5.82 Å². The number of carboxylic acid groups (broad SMARTS) is 1. The van der Waals surface area contributed by atoms with Crippen molar-refractivity contribution in [1.29, 1.82) is 0 Å². The minimum atomic E-state index is -1.04. The van der Waals surface area contributed by atoms with Gasteiger partial charge in [0, 0.05) is 12.7 Å². The zero-order chi connectivity index (χ0) is 13.5. The topological polar surface area (TPSA) is 62.2 Å². The second-order valence-electron chi connectivity index (χ2n) is 4.67. The van der Waals surface area contributed by atoms with Gasteiger partial charge in [0.15, 0.2) is 0 Å². The first-order valence-electron chi connectivity index (χ1n) is 6.13. The summed E-state index contributed by atoms with van der Waals surface area (Å²) < 4.78 is 0. The van der Waals surface area contributed by atoms with Crippen LogP contribution in [0.5, 0.6) is 0 Å². The van der Waals surface area contributed by atoms with E-state index in [2.05, 4.69) is 24.1 Å².